The molecule has 0 spiro atoms. The topological polar surface area (TPSA) is 82.8 Å². The van der Waals surface area contributed by atoms with Crippen molar-refractivity contribution in [3.63, 3.8) is 0 Å². The number of nitrogens with zero attached hydrogens (tertiary/aromatic N) is 2. The van der Waals surface area contributed by atoms with E-state index in [-0.39, 0.29) is 17.4 Å². The Bertz CT molecular complexity index is 1130. The highest BCUT2D eigenvalue weighted by molar-refractivity contribution is 8.00. The predicted octanol–water partition coefficient (Wildman–Crippen LogP) is 5.16. The first-order valence-electron chi connectivity index (χ1n) is 9.26. The van der Waals surface area contributed by atoms with Gasteiger partial charge < -0.3 is 5.32 Å². The van der Waals surface area contributed by atoms with Crippen molar-refractivity contribution in [2.24, 2.45) is 0 Å². The van der Waals surface area contributed by atoms with E-state index in [1.807, 2.05) is 18.2 Å². The number of Topliss-reactive ketones (excluding diaryl/α,β-unsaturated/α-hetero) is 1. The van der Waals surface area contributed by atoms with Crippen LogP contribution in [0.5, 0.6) is 0 Å². The van der Waals surface area contributed by atoms with Crippen LogP contribution >= 0.6 is 11.8 Å². The Kier molecular flexibility index (Phi) is 6.30. The van der Waals surface area contributed by atoms with E-state index in [4.69, 9.17) is 0 Å². The SMILES string of the molecule is CC(=O)c1cccc(NC(=O)CSc2nc3ccc(C(C)C)cc3cc2C#N)c1. The predicted molar refractivity (Wildman–Crippen MR) is 116 cm³/mol. The number of pyridine rings is 1. The third-order valence-corrected chi connectivity index (χ3v) is 5.47. The van der Waals surface area contributed by atoms with E-state index >= 15 is 0 Å². The molecule has 0 radical (unpaired) electrons. The smallest absolute Gasteiger partial charge is 0.234 e. The first-order valence-corrected chi connectivity index (χ1v) is 10.2. The highest BCUT2D eigenvalue weighted by Crippen LogP contribution is 2.27. The quantitative estimate of drug-likeness (QED) is 0.454. The van der Waals surface area contributed by atoms with Crippen molar-refractivity contribution in [1.82, 2.24) is 4.98 Å². The molecule has 1 N–H and O–H groups in total. The molecule has 0 saturated carbocycles. The number of fused-ring (bicyclic) bond motifs is 1. The molecular weight excluding hydrogens is 382 g/mol. The van der Waals surface area contributed by atoms with Gasteiger partial charge in [0, 0.05) is 16.6 Å². The molecule has 1 aromatic heterocycles. The molecule has 146 valence electrons. The summed E-state index contributed by atoms with van der Waals surface area (Å²) in [5.41, 5.74) is 3.55. The monoisotopic (exact) mass is 403 g/mol. The highest BCUT2D eigenvalue weighted by atomic mass is 32.2. The first kappa shape index (κ1) is 20.6. The number of aromatic nitrogens is 1. The molecule has 0 saturated heterocycles. The third kappa shape index (κ3) is 5.01. The summed E-state index contributed by atoms with van der Waals surface area (Å²) in [5, 5.41) is 13.7. The fourth-order valence-corrected chi connectivity index (χ4v) is 3.64. The van der Waals surface area contributed by atoms with Crippen LogP contribution in [0.25, 0.3) is 10.9 Å². The molecule has 3 rings (SSSR count). The maximum absolute atomic E-state index is 12.3. The lowest BCUT2D eigenvalue weighted by Crippen LogP contribution is -2.14. The van der Waals surface area contributed by atoms with Crippen LogP contribution < -0.4 is 5.32 Å². The fraction of sp³-hybridized carbons (Fsp3) is 0.217. The number of nitriles is 1. The van der Waals surface area contributed by atoms with Crippen molar-refractivity contribution in [1.29, 1.82) is 5.26 Å². The van der Waals surface area contributed by atoms with Gasteiger partial charge >= 0.3 is 0 Å². The Hall–Kier alpha value is -3.17. The number of carbonyl (C=O) groups excluding carboxylic acids is 2. The molecule has 0 unspecified atom stereocenters. The Labute approximate surface area is 174 Å². The molecule has 0 aliphatic rings. The second-order valence-electron chi connectivity index (χ2n) is 7.03. The lowest BCUT2D eigenvalue weighted by Gasteiger charge is -2.10. The van der Waals surface area contributed by atoms with E-state index in [1.165, 1.54) is 24.2 Å². The van der Waals surface area contributed by atoms with Gasteiger partial charge in [-0.25, -0.2) is 4.98 Å². The van der Waals surface area contributed by atoms with E-state index in [2.05, 4.69) is 36.3 Å². The summed E-state index contributed by atoms with van der Waals surface area (Å²) in [6, 6.07) is 16.8. The molecule has 29 heavy (non-hydrogen) atoms. The maximum Gasteiger partial charge on any atom is 0.234 e. The summed E-state index contributed by atoms with van der Waals surface area (Å²) in [7, 11) is 0. The normalized spacial score (nSPS) is 10.7. The molecule has 1 amide bonds. The van der Waals surface area contributed by atoms with E-state index in [9.17, 15) is 14.9 Å². The van der Waals surface area contributed by atoms with Gasteiger partial charge in [0.25, 0.3) is 0 Å². The zero-order valence-electron chi connectivity index (χ0n) is 16.5. The number of carbonyl (C=O) groups is 2. The Morgan fingerprint density at radius 1 is 1.17 bits per heavy atom. The second-order valence-corrected chi connectivity index (χ2v) is 8.00. The molecule has 6 heteroatoms. The van der Waals surface area contributed by atoms with Gasteiger partial charge in [-0.15, -0.1) is 0 Å². The molecule has 0 aliphatic carbocycles. The van der Waals surface area contributed by atoms with Gasteiger partial charge in [0.05, 0.1) is 16.8 Å². The molecule has 0 fully saturated rings. The largest absolute Gasteiger partial charge is 0.325 e. The molecule has 5 nitrogen and oxygen atoms in total. The Morgan fingerprint density at radius 3 is 2.66 bits per heavy atom. The number of hydrogen-bond acceptors (Lipinski definition) is 5. The van der Waals surface area contributed by atoms with Crippen molar-refractivity contribution in [3.8, 4) is 6.07 Å². The minimum Gasteiger partial charge on any atom is -0.325 e. The van der Waals surface area contributed by atoms with Gasteiger partial charge in [0.15, 0.2) is 5.78 Å². The van der Waals surface area contributed by atoms with Gasteiger partial charge in [-0.05, 0) is 48.7 Å². The number of nitrogens with one attached hydrogen (secondary N) is 1. The molecule has 3 aromatic rings. The molecule has 0 atom stereocenters. The van der Waals surface area contributed by atoms with Crippen LogP contribution in [0.2, 0.25) is 0 Å². The molecular formula is C23H21N3O2S. The second kappa shape index (κ2) is 8.89. The number of benzene rings is 2. The van der Waals surface area contributed by atoms with Crippen molar-refractivity contribution in [2.75, 3.05) is 11.1 Å². The maximum atomic E-state index is 12.3. The fourth-order valence-electron chi connectivity index (χ4n) is 2.87. The van der Waals surface area contributed by atoms with Crippen molar-refractivity contribution in [3.05, 3.63) is 65.2 Å². The van der Waals surface area contributed by atoms with Crippen molar-refractivity contribution < 1.29 is 9.59 Å². The zero-order chi connectivity index (χ0) is 21.0. The van der Waals surface area contributed by atoms with Crippen LogP contribution in [-0.2, 0) is 4.79 Å². The van der Waals surface area contributed by atoms with Crippen LogP contribution in [0, 0.1) is 11.3 Å². The van der Waals surface area contributed by atoms with Gasteiger partial charge in [0.2, 0.25) is 5.91 Å². The summed E-state index contributed by atoms with van der Waals surface area (Å²) in [5.74, 6) is 0.220. The van der Waals surface area contributed by atoms with Crippen LogP contribution in [-0.4, -0.2) is 22.4 Å². The average molecular weight is 404 g/mol. The zero-order valence-corrected chi connectivity index (χ0v) is 17.3. The minimum absolute atomic E-state index is 0.0601. The first-order chi connectivity index (χ1) is 13.9. The summed E-state index contributed by atoms with van der Waals surface area (Å²) in [6.45, 7) is 5.72. The van der Waals surface area contributed by atoms with Crippen LogP contribution in [0.3, 0.4) is 0 Å². The highest BCUT2D eigenvalue weighted by Gasteiger charge is 2.12. The van der Waals surface area contributed by atoms with Crippen LogP contribution in [0.15, 0.2) is 53.6 Å². The number of thioether (sulfide) groups is 1. The summed E-state index contributed by atoms with van der Waals surface area (Å²) >= 11 is 1.22. The number of amides is 1. The lowest BCUT2D eigenvalue weighted by molar-refractivity contribution is -0.113. The average Bonchev–Trinajstić information content (AvgIpc) is 2.71. The van der Waals surface area contributed by atoms with E-state index < -0.39 is 0 Å². The van der Waals surface area contributed by atoms with E-state index in [1.54, 1.807) is 24.3 Å². The molecule has 1 heterocycles. The van der Waals surface area contributed by atoms with E-state index in [0.29, 0.717) is 27.8 Å². The Balaban J connectivity index is 1.75. The van der Waals surface area contributed by atoms with Gasteiger partial charge in [-0.2, -0.15) is 5.26 Å². The number of ketones is 1. The molecule has 0 aliphatic heterocycles. The molecule has 0 bridgehead atoms. The van der Waals surface area contributed by atoms with E-state index in [0.717, 1.165) is 10.9 Å². The number of rotatable bonds is 6. The lowest BCUT2D eigenvalue weighted by atomic mass is 10.0. The van der Waals surface area contributed by atoms with Gasteiger partial charge in [0.1, 0.15) is 11.1 Å². The van der Waals surface area contributed by atoms with Gasteiger partial charge in [-0.1, -0.05) is 43.8 Å². The summed E-state index contributed by atoms with van der Waals surface area (Å²) in [4.78, 5) is 28.4. The van der Waals surface area contributed by atoms with Crippen molar-refractivity contribution >= 4 is 40.0 Å². The van der Waals surface area contributed by atoms with Gasteiger partial charge in [-0.3, -0.25) is 9.59 Å². The van der Waals surface area contributed by atoms with Crippen LogP contribution in [0.1, 0.15) is 48.2 Å². The minimum atomic E-state index is -0.225. The number of anilines is 1. The molecule has 2 aromatic carbocycles. The third-order valence-electron chi connectivity index (χ3n) is 4.48. The van der Waals surface area contributed by atoms with Crippen LogP contribution in [0.4, 0.5) is 5.69 Å². The summed E-state index contributed by atoms with van der Waals surface area (Å²) < 4.78 is 0. The summed E-state index contributed by atoms with van der Waals surface area (Å²) in [6.07, 6.45) is 0. The Morgan fingerprint density at radius 2 is 1.97 bits per heavy atom. The van der Waals surface area contributed by atoms with Crippen molar-refractivity contribution in [2.45, 2.75) is 31.7 Å². The standard InChI is InChI=1S/C23H21N3O2S/c1-14(2)16-7-8-21-18(9-16)10-19(12-24)23(26-21)29-13-22(28)25-20-6-4-5-17(11-20)15(3)27/h4-11,14H,13H2,1-3H3,(H,25,28). The number of hydrogen-bond donors (Lipinski definition) is 1.